The molecule has 9 heteroatoms. The molecule has 2 rings (SSSR count). The predicted molar refractivity (Wildman–Crippen MR) is 101 cm³/mol. The largest absolute Gasteiger partial charge is 0.497 e. The number of methoxy groups -OCH3 is 1. The van der Waals surface area contributed by atoms with Gasteiger partial charge in [-0.05, 0) is 29.8 Å². The number of nitrogens with zero attached hydrogens (tertiary/aromatic N) is 2. The van der Waals surface area contributed by atoms with Gasteiger partial charge in [0.2, 0.25) is 5.91 Å². The first kappa shape index (κ1) is 21.1. The maximum absolute atomic E-state index is 13.6. The number of nitrogens with one attached hydrogen (secondary N) is 2. The molecule has 2 aromatic rings. The first-order valence-corrected chi connectivity index (χ1v) is 8.33. The standard InChI is InChI=1S/C19H21F3N4O2/c1-23-19(26(2)11-12-4-6-13(28-3)7-5-12)24-10-16(27)25-15-9-8-14(20)17(21)18(15)22/h4-9H,10-11H2,1-3H3,(H,23,24)(H,25,27). The Bertz CT molecular complexity index is 857. The van der Waals surface area contributed by atoms with Gasteiger partial charge in [0, 0.05) is 20.6 Å². The molecule has 6 nitrogen and oxygen atoms in total. The van der Waals surface area contributed by atoms with Crippen LogP contribution < -0.4 is 15.4 Å². The molecule has 0 aromatic heterocycles. The van der Waals surface area contributed by atoms with E-state index in [1.54, 1.807) is 26.1 Å². The summed E-state index contributed by atoms with van der Waals surface area (Å²) in [7, 11) is 4.93. The van der Waals surface area contributed by atoms with Crippen molar-refractivity contribution in [3.8, 4) is 5.75 Å². The van der Waals surface area contributed by atoms with Crippen LogP contribution in [0.1, 0.15) is 5.56 Å². The summed E-state index contributed by atoms with van der Waals surface area (Å²) in [5, 5.41) is 5.01. The quantitative estimate of drug-likeness (QED) is 0.449. The summed E-state index contributed by atoms with van der Waals surface area (Å²) in [6.45, 7) is 0.279. The van der Waals surface area contributed by atoms with Crippen LogP contribution in [0.3, 0.4) is 0 Å². The lowest BCUT2D eigenvalue weighted by Gasteiger charge is -2.22. The van der Waals surface area contributed by atoms with Crippen molar-refractivity contribution in [2.45, 2.75) is 6.54 Å². The zero-order valence-electron chi connectivity index (χ0n) is 15.7. The molecule has 0 aliphatic heterocycles. The fourth-order valence-electron chi connectivity index (χ4n) is 2.44. The highest BCUT2D eigenvalue weighted by Gasteiger charge is 2.16. The Morgan fingerprint density at radius 1 is 1.11 bits per heavy atom. The van der Waals surface area contributed by atoms with Crippen LogP contribution in [0, 0.1) is 17.5 Å². The van der Waals surface area contributed by atoms with Gasteiger partial charge in [0.05, 0.1) is 19.3 Å². The Morgan fingerprint density at radius 2 is 1.79 bits per heavy atom. The van der Waals surface area contributed by atoms with Crippen LogP contribution in [-0.4, -0.2) is 44.5 Å². The van der Waals surface area contributed by atoms with Gasteiger partial charge in [0.25, 0.3) is 0 Å². The van der Waals surface area contributed by atoms with Crippen LogP contribution in [-0.2, 0) is 11.3 Å². The second-order valence-electron chi connectivity index (χ2n) is 5.88. The summed E-state index contributed by atoms with van der Waals surface area (Å²) in [6, 6.07) is 9.17. The molecule has 150 valence electrons. The molecule has 28 heavy (non-hydrogen) atoms. The van der Waals surface area contributed by atoms with Crippen LogP contribution >= 0.6 is 0 Å². The third kappa shape index (κ3) is 5.38. The normalized spacial score (nSPS) is 11.1. The first-order valence-electron chi connectivity index (χ1n) is 8.33. The van der Waals surface area contributed by atoms with Crippen molar-refractivity contribution in [2.75, 3.05) is 33.1 Å². The second kappa shape index (κ2) is 9.63. The van der Waals surface area contributed by atoms with Crippen molar-refractivity contribution >= 4 is 17.6 Å². The highest BCUT2D eigenvalue weighted by molar-refractivity contribution is 5.95. The molecule has 1 amide bonds. The van der Waals surface area contributed by atoms with E-state index in [2.05, 4.69) is 15.6 Å². The Labute approximate surface area is 161 Å². The number of hydrogen-bond donors (Lipinski definition) is 2. The SMILES string of the molecule is CN=C(NCC(=O)Nc1ccc(F)c(F)c1F)N(C)Cc1ccc(OC)cc1. The van der Waals surface area contributed by atoms with E-state index >= 15 is 0 Å². The smallest absolute Gasteiger partial charge is 0.243 e. The van der Waals surface area contributed by atoms with Gasteiger partial charge in [0.15, 0.2) is 23.4 Å². The number of ether oxygens (including phenoxy) is 1. The Balaban J connectivity index is 1.91. The third-order valence-corrected chi connectivity index (χ3v) is 3.87. The first-order chi connectivity index (χ1) is 13.3. The minimum Gasteiger partial charge on any atom is -0.497 e. The van der Waals surface area contributed by atoms with Crippen molar-refractivity contribution in [1.29, 1.82) is 0 Å². The number of anilines is 1. The number of benzene rings is 2. The maximum atomic E-state index is 13.6. The molecule has 0 radical (unpaired) electrons. The van der Waals surface area contributed by atoms with Crippen LogP contribution in [0.25, 0.3) is 0 Å². The van der Waals surface area contributed by atoms with Crippen LogP contribution in [0.15, 0.2) is 41.4 Å². The molecule has 0 aliphatic carbocycles. The van der Waals surface area contributed by atoms with Crippen LogP contribution in [0.5, 0.6) is 5.75 Å². The Hall–Kier alpha value is -3.23. The lowest BCUT2D eigenvalue weighted by molar-refractivity contribution is -0.115. The number of carbonyl (C=O) groups excluding carboxylic acids is 1. The van der Waals surface area contributed by atoms with Gasteiger partial charge in [-0.1, -0.05) is 12.1 Å². The molecule has 0 bridgehead atoms. The Kier molecular flexibility index (Phi) is 7.25. The van der Waals surface area contributed by atoms with Crippen molar-refractivity contribution in [1.82, 2.24) is 10.2 Å². The average molecular weight is 394 g/mol. The monoisotopic (exact) mass is 394 g/mol. The lowest BCUT2D eigenvalue weighted by atomic mass is 10.2. The van der Waals surface area contributed by atoms with E-state index < -0.39 is 29.0 Å². The van der Waals surface area contributed by atoms with E-state index in [-0.39, 0.29) is 6.54 Å². The molecule has 0 unspecified atom stereocenters. The summed E-state index contributed by atoms with van der Waals surface area (Å²) >= 11 is 0. The fourth-order valence-corrected chi connectivity index (χ4v) is 2.44. The molecular formula is C19H21F3N4O2. The fraction of sp³-hybridized carbons (Fsp3) is 0.263. The van der Waals surface area contributed by atoms with E-state index in [9.17, 15) is 18.0 Å². The van der Waals surface area contributed by atoms with Crippen LogP contribution in [0.4, 0.5) is 18.9 Å². The number of hydrogen-bond acceptors (Lipinski definition) is 3. The number of carbonyl (C=O) groups is 1. The summed E-state index contributed by atoms with van der Waals surface area (Å²) in [5.74, 6) is -3.87. The lowest BCUT2D eigenvalue weighted by Crippen LogP contribution is -2.42. The number of aliphatic imine (C=N–C) groups is 1. The molecular weight excluding hydrogens is 373 g/mol. The zero-order valence-corrected chi connectivity index (χ0v) is 15.7. The van der Waals surface area contributed by atoms with E-state index in [0.29, 0.717) is 12.5 Å². The molecule has 0 atom stereocenters. The van der Waals surface area contributed by atoms with Crippen LogP contribution in [0.2, 0.25) is 0 Å². The van der Waals surface area contributed by atoms with E-state index in [1.165, 1.54) is 0 Å². The van der Waals surface area contributed by atoms with Gasteiger partial charge in [-0.2, -0.15) is 0 Å². The molecule has 0 saturated heterocycles. The number of amides is 1. The molecule has 2 N–H and O–H groups in total. The van der Waals surface area contributed by atoms with Crippen molar-refractivity contribution in [3.63, 3.8) is 0 Å². The highest BCUT2D eigenvalue weighted by Crippen LogP contribution is 2.19. The molecule has 0 fully saturated rings. The van der Waals surface area contributed by atoms with Crippen molar-refractivity contribution in [2.24, 2.45) is 4.99 Å². The molecule has 0 saturated carbocycles. The molecule has 2 aromatic carbocycles. The number of rotatable bonds is 6. The summed E-state index contributed by atoms with van der Waals surface area (Å²) < 4.78 is 44.9. The van der Waals surface area contributed by atoms with Crippen molar-refractivity contribution < 1.29 is 22.7 Å². The summed E-state index contributed by atoms with van der Waals surface area (Å²) in [6.07, 6.45) is 0. The van der Waals surface area contributed by atoms with E-state index in [4.69, 9.17) is 4.74 Å². The minimum absolute atomic E-state index is 0.238. The molecule has 0 heterocycles. The number of halogens is 3. The van der Waals surface area contributed by atoms with Gasteiger partial charge in [-0.3, -0.25) is 9.79 Å². The number of guanidine groups is 1. The van der Waals surface area contributed by atoms with E-state index in [1.807, 2.05) is 24.3 Å². The second-order valence-corrected chi connectivity index (χ2v) is 5.88. The maximum Gasteiger partial charge on any atom is 0.243 e. The zero-order chi connectivity index (χ0) is 20.7. The van der Waals surface area contributed by atoms with E-state index in [0.717, 1.165) is 23.4 Å². The predicted octanol–water partition coefficient (Wildman–Crippen LogP) is 2.76. The van der Waals surface area contributed by atoms with Gasteiger partial charge in [0.1, 0.15) is 5.75 Å². The highest BCUT2D eigenvalue weighted by atomic mass is 19.2. The molecule has 0 aliphatic rings. The molecule has 0 spiro atoms. The summed E-state index contributed by atoms with van der Waals surface area (Å²) in [5.41, 5.74) is 0.562. The average Bonchev–Trinajstić information content (AvgIpc) is 2.69. The summed E-state index contributed by atoms with van der Waals surface area (Å²) in [4.78, 5) is 17.9. The van der Waals surface area contributed by atoms with Gasteiger partial charge >= 0.3 is 0 Å². The van der Waals surface area contributed by atoms with Crippen molar-refractivity contribution in [3.05, 3.63) is 59.4 Å². The third-order valence-electron chi connectivity index (χ3n) is 3.87. The van der Waals surface area contributed by atoms with Gasteiger partial charge in [-0.25, -0.2) is 13.2 Å². The topological polar surface area (TPSA) is 66.0 Å². The van der Waals surface area contributed by atoms with Gasteiger partial charge < -0.3 is 20.3 Å². The Morgan fingerprint density at radius 3 is 2.39 bits per heavy atom. The minimum atomic E-state index is -1.64. The van der Waals surface area contributed by atoms with Gasteiger partial charge in [-0.15, -0.1) is 0 Å².